The van der Waals surface area contributed by atoms with E-state index >= 15 is 0 Å². The molecule has 6 nitrogen and oxygen atoms in total. The van der Waals surface area contributed by atoms with Crippen LogP contribution >= 0.6 is 0 Å². The number of hydrogen-bond donors (Lipinski definition) is 2. The Kier molecular flexibility index (Phi) is 5.18. The van der Waals surface area contributed by atoms with E-state index in [1.807, 2.05) is 62.4 Å². The monoisotopic (exact) mass is 462 g/mol. The molecule has 1 aromatic heterocycles. The summed E-state index contributed by atoms with van der Waals surface area (Å²) in [6.45, 7) is 3.80. The Morgan fingerprint density at radius 3 is 2.36 bits per heavy atom. The quantitative estimate of drug-likeness (QED) is 0.457. The number of nitrogens with zero attached hydrogens (tertiary/aromatic N) is 1. The first-order chi connectivity index (χ1) is 15.8. The number of sulfonamides is 1. The highest BCUT2D eigenvalue weighted by Crippen LogP contribution is 2.50. The van der Waals surface area contributed by atoms with Gasteiger partial charge in [-0.05, 0) is 42.8 Å². The van der Waals surface area contributed by atoms with E-state index in [1.54, 1.807) is 31.4 Å². The van der Waals surface area contributed by atoms with Crippen molar-refractivity contribution in [1.82, 2.24) is 4.98 Å². The Morgan fingerprint density at radius 1 is 1.00 bits per heavy atom. The number of ether oxygens (including phenoxy) is 1. The molecule has 0 unspecified atom stereocenters. The van der Waals surface area contributed by atoms with Crippen LogP contribution in [-0.4, -0.2) is 31.8 Å². The number of hydrogen-bond acceptors (Lipinski definition) is 4. The van der Waals surface area contributed by atoms with E-state index < -0.39 is 22.2 Å². The summed E-state index contributed by atoms with van der Waals surface area (Å²) in [4.78, 5) is 3.43. The van der Waals surface area contributed by atoms with Crippen molar-refractivity contribution in [1.29, 1.82) is 0 Å². The first kappa shape index (κ1) is 21.6. The summed E-state index contributed by atoms with van der Waals surface area (Å²) < 4.78 is 34.2. The van der Waals surface area contributed by atoms with Crippen LogP contribution in [0.5, 0.6) is 5.75 Å². The normalized spacial score (nSPS) is 20.6. The zero-order chi connectivity index (χ0) is 23.3. The van der Waals surface area contributed by atoms with Crippen LogP contribution in [0.15, 0.2) is 77.7 Å². The number of H-pyrrole nitrogens is 1. The number of anilines is 1. The number of aryl methyl sites for hydroxylation is 1. The van der Waals surface area contributed by atoms with Crippen LogP contribution < -0.4 is 9.04 Å². The number of fused-ring (bicyclic) bond motifs is 3. The molecule has 0 aliphatic carbocycles. The number of aliphatic hydroxyl groups excluding tert-OH is 1. The predicted octanol–water partition coefficient (Wildman–Crippen LogP) is 4.78. The summed E-state index contributed by atoms with van der Waals surface area (Å²) in [5.74, 6) is 0.466. The van der Waals surface area contributed by atoms with Crippen molar-refractivity contribution in [2.75, 3.05) is 11.4 Å². The molecule has 0 amide bonds. The number of nitrogens with one attached hydrogen (secondary N) is 1. The van der Waals surface area contributed by atoms with Crippen LogP contribution in [0.3, 0.4) is 0 Å². The molecule has 0 spiro atoms. The minimum Gasteiger partial charge on any atom is -0.497 e. The van der Waals surface area contributed by atoms with Gasteiger partial charge in [-0.2, -0.15) is 0 Å². The van der Waals surface area contributed by atoms with E-state index in [-0.39, 0.29) is 10.8 Å². The van der Waals surface area contributed by atoms with Crippen molar-refractivity contribution in [3.8, 4) is 5.75 Å². The van der Waals surface area contributed by atoms with E-state index in [9.17, 15) is 13.5 Å². The predicted molar refractivity (Wildman–Crippen MR) is 129 cm³/mol. The zero-order valence-corrected chi connectivity index (χ0v) is 19.5. The summed E-state index contributed by atoms with van der Waals surface area (Å²) in [6.07, 6.45) is -1.25. The van der Waals surface area contributed by atoms with Crippen molar-refractivity contribution in [3.63, 3.8) is 0 Å². The first-order valence-corrected chi connectivity index (χ1v) is 12.3. The molecule has 7 heteroatoms. The number of benzene rings is 3. The van der Waals surface area contributed by atoms with Crippen LogP contribution in [-0.2, 0) is 10.0 Å². The van der Waals surface area contributed by atoms with Gasteiger partial charge in [0.2, 0.25) is 0 Å². The first-order valence-electron chi connectivity index (χ1n) is 10.9. The molecule has 0 bridgehead atoms. The maximum Gasteiger partial charge on any atom is 0.267 e. The van der Waals surface area contributed by atoms with Gasteiger partial charge in [0.15, 0.2) is 0 Å². The second-order valence-electron chi connectivity index (χ2n) is 8.57. The molecule has 2 N–H and O–H groups in total. The van der Waals surface area contributed by atoms with E-state index in [2.05, 4.69) is 4.98 Å². The summed E-state index contributed by atoms with van der Waals surface area (Å²) in [5.41, 5.74) is 3.60. The van der Waals surface area contributed by atoms with Gasteiger partial charge >= 0.3 is 0 Å². The lowest BCUT2D eigenvalue weighted by Crippen LogP contribution is -2.49. The largest absolute Gasteiger partial charge is 0.497 e. The molecule has 170 valence electrons. The zero-order valence-electron chi connectivity index (χ0n) is 18.7. The third-order valence-electron chi connectivity index (χ3n) is 6.53. The maximum atomic E-state index is 13.8. The van der Waals surface area contributed by atoms with Crippen molar-refractivity contribution < 1.29 is 18.3 Å². The topological polar surface area (TPSA) is 82.6 Å². The van der Waals surface area contributed by atoms with Gasteiger partial charge in [-0.25, -0.2) is 12.7 Å². The van der Waals surface area contributed by atoms with Gasteiger partial charge in [0.05, 0.1) is 12.0 Å². The molecule has 1 aliphatic heterocycles. The number of aromatic amines is 1. The third kappa shape index (κ3) is 3.39. The fourth-order valence-electron chi connectivity index (χ4n) is 4.79. The second-order valence-corrected chi connectivity index (χ2v) is 10.4. The summed E-state index contributed by atoms with van der Waals surface area (Å²) in [5, 5.41) is 12.3. The lowest BCUT2D eigenvalue weighted by molar-refractivity contribution is 0.112. The average Bonchev–Trinajstić information content (AvgIpc) is 3.18. The Balaban J connectivity index is 1.79. The molecule has 1 aliphatic rings. The van der Waals surface area contributed by atoms with Gasteiger partial charge in [-0.3, -0.25) is 0 Å². The Bertz CT molecular complexity index is 1410. The van der Waals surface area contributed by atoms with Gasteiger partial charge in [0, 0.05) is 28.3 Å². The molecule has 2 heterocycles. The molecule has 3 atom stereocenters. The number of methoxy groups -OCH3 is 1. The lowest BCUT2D eigenvalue weighted by Gasteiger charge is -2.41. The smallest absolute Gasteiger partial charge is 0.267 e. The van der Waals surface area contributed by atoms with Gasteiger partial charge in [0.25, 0.3) is 10.0 Å². The highest BCUT2D eigenvalue weighted by atomic mass is 32.2. The SMILES string of the molecule is COc1ccc2[nH]c3c(c2c1)[C@H](c1ccccc1)[C@@H](C)[C@@H](O)N3S(=O)(=O)c1ccc(C)cc1. The molecule has 0 fully saturated rings. The minimum atomic E-state index is -4.02. The molecule has 3 aromatic carbocycles. The summed E-state index contributed by atoms with van der Waals surface area (Å²) >= 11 is 0. The average molecular weight is 463 g/mol. The van der Waals surface area contributed by atoms with E-state index in [1.165, 1.54) is 0 Å². The van der Waals surface area contributed by atoms with Crippen LogP contribution in [0.4, 0.5) is 5.82 Å². The molecular weight excluding hydrogens is 436 g/mol. The van der Waals surface area contributed by atoms with Crippen LogP contribution in [0.2, 0.25) is 0 Å². The van der Waals surface area contributed by atoms with Crippen molar-refractivity contribution >= 4 is 26.7 Å². The Hall–Kier alpha value is -3.29. The highest BCUT2D eigenvalue weighted by Gasteiger charge is 2.46. The summed E-state index contributed by atoms with van der Waals surface area (Å²) in [6, 6.07) is 22.2. The molecule has 0 saturated heterocycles. The van der Waals surface area contributed by atoms with Crippen molar-refractivity contribution in [2.45, 2.75) is 30.9 Å². The Labute approximate surface area is 193 Å². The number of aliphatic hydroxyl groups is 1. The van der Waals surface area contributed by atoms with Gasteiger partial charge in [-0.1, -0.05) is 55.0 Å². The third-order valence-corrected chi connectivity index (χ3v) is 8.31. The van der Waals surface area contributed by atoms with Gasteiger partial charge in [0.1, 0.15) is 17.8 Å². The van der Waals surface area contributed by atoms with E-state index in [0.29, 0.717) is 11.6 Å². The van der Waals surface area contributed by atoms with Gasteiger partial charge in [-0.15, -0.1) is 0 Å². The van der Waals surface area contributed by atoms with Crippen LogP contribution in [0.25, 0.3) is 10.9 Å². The van der Waals surface area contributed by atoms with E-state index in [4.69, 9.17) is 4.74 Å². The van der Waals surface area contributed by atoms with Crippen molar-refractivity contribution in [3.05, 3.63) is 89.5 Å². The molecule has 33 heavy (non-hydrogen) atoms. The standard InChI is InChI=1S/C26H26N2O4S/c1-16-9-12-20(13-10-16)33(30,31)28-25-24(21-15-19(32-3)11-14-22(21)27-25)23(17(2)26(28)29)18-7-5-4-6-8-18/h4-15,17,23,26-27,29H,1-3H3/t17-,23+,26-/m1/s1. The maximum absolute atomic E-state index is 13.8. The molecule has 0 saturated carbocycles. The van der Waals surface area contributed by atoms with Crippen LogP contribution in [0.1, 0.15) is 29.5 Å². The lowest BCUT2D eigenvalue weighted by atomic mass is 9.78. The van der Waals surface area contributed by atoms with E-state index in [0.717, 1.165) is 31.9 Å². The Morgan fingerprint density at radius 2 is 1.70 bits per heavy atom. The minimum absolute atomic E-state index is 0.139. The van der Waals surface area contributed by atoms with Crippen LogP contribution in [0, 0.1) is 12.8 Å². The summed E-state index contributed by atoms with van der Waals surface area (Å²) in [7, 11) is -2.42. The molecule has 4 aromatic rings. The molecule has 5 rings (SSSR count). The number of aromatic nitrogens is 1. The number of rotatable bonds is 4. The second kappa shape index (κ2) is 7.93. The highest BCUT2D eigenvalue weighted by molar-refractivity contribution is 7.92. The van der Waals surface area contributed by atoms with Crippen molar-refractivity contribution in [2.24, 2.45) is 5.92 Å². The fourth-order valence-corrected chi connectivity index (χ4v) is 6.36. The molecule has 0 radical (unpaired) electrons. The van der Waals surface area contributed by atoms with Gasteiger partial charge < -0.3 is 14.8 Å². The fraction of sp³-hybridized carbons (Fsp3) is 0.231. The molecular formula is C26H26N2O4S.